The summed E-state index contributed by atoms with van der Waals surface area (Å²) in [6, 6.07) is 4.49. The molecule has 0 spiro atoms. The Kier molecular flexibility index (Phi) is 5.86. The molecular weight excluding hydrogens is 394 g/mol. The summed E-state index contributed by atoms with van der Waals surface area (Å²) in [5, 5.41) is 3.30. The number of carbonyl (C=O) groups excluding carboxylic acids is 3. The second-order valence-electron chi connectivity index (χ2n) is 6.88. The average molecular weight is 416 g/mol. The number of halogens is 1. The molecule has 1 N–H and O–H groups in total. The fourth-order valence-corrected chi connectivity index (χ4v) is 3.76. The minimum absolute atomic E-state index is 0. The Morgan fingerprint density at radius 3 is 2.76 bits per heavy atom. The van der Waals surface area contributed by atoms with E-state index < -0.39 is 5.91 Å². The van der Waals surface area contributed by atoms with Crippen LogP contribution in [0.2, 0.25) is 0 Å². The Hall–Kier alpha value is -2.97. The van der Waals surface area contributed by atoms with Gasteiger partial charge in [-0.2, -0.15) is 0 Å². The van der Waals surface area contributed by atoms with Crippen molar-refractivity contribution in [2.24, 2.45) is 7.05 Å². The molecule has 2 aliphatic heterocycles. The maximum absolute atomic E-state index is 13.2. The normalized spacial score (nSPS) is 18.4. The number of fused-ring (bicyclic) bond motifs is 1. The largest absolute Gasteiger partial charge is 0.336 e. The third-order valence-electron chi connectivity index (χ3n) is 5.19. The van der Waals surface area contributed by atoms with Crippen molar-refractivity contribution >= 4 is 30.1 Å². The first kappa shape index (κ1) is 20.8. The molecular formula is C20H22ClN5O3. The molecule has 1 saturated heterocycles. The number of hydrogen-bond acceptors (Lipinski definition) is 5. The van der Waals surface area contributed by atoms with Crippen molar-refractivity contribution in [2.75, 3.05) is 26.2 Å². The summed E-state index contributed by atoms with van der Waals surface area (Å²) in [7, 11) is 1.90. The summed E-state index contributed by atoms with van der Waals surface area (Å²) in [6.45, 7) is 5.55. The molecule has 0 saturated carbocycles. The first-order valence-electron chi connectivity index (χ1n) is 9.13. The van der Waals surface area contributed by atoms with Crippen LogP contribution in [0.4, 0.5) is 0 Å². The Morgan fingerprint density at radius 1 is 1.31 bits per heavy atom. The molecule has 3 amide bonds. The minimum atomic E-state index is -0.393. The molecule has 8 nitrogen and oxygen atoms in total. The van der Waals surface area contributed by atoms with E-state index in [1.54, 1.807) is 23.2 Å². The first-order valence-corrected chi connectivity index (χ1v) is 9.13. The molecule has 1 atom stereocenters. The van der Waals surface area contributed by atoms with Crippen LogP contribution in [0, 0.1) is 0 Å². The molecule has 1 unspecified atom stereocenters. The van der Waals surface area contributed by atoms with Gasteiger partial charge in [0.15, 0.2) is 0 Å². The SMILES string of the molecule is C=CCN1C(=O)c2ccc(C(=O)N3CCNCC3c3nccn3C)cc2C1=O.Cl. The maximum Gasteiger partial charge on any atom is 0.261 e. The van der Waals surface area contributed by atoms with E-state index in [4.69, 9.17) is 0 Å². The number of benzene rings is 1. The van der Waals surface area contributed by atoms with Crippen LogP contribution >= 0.6 is 12.4 Å². The van der Waals surface area contributed by atoms with Crippen molar-refractivity contribution in [1.82, 2.24) is 24.7 Å². The topological polar surface area (TPSA) is 87.5 Å². The second-order valence-corrected chi connectivity index (χ2v) is 6.88. The molecule has 3 heterocycles. The lowest BCUT2D eigenvalue weighted by Crippen LogP contribution is -2.49. The van der Waals surface area contributed by atoms with Crippen molar-refractivity contribution in [3.05, 3.63) is 65.8 Å². The summed E-state index contributed by atoms with van der Waals surface area (Å²) >= 11 is 0. The standard InChI is InChI=1S/C20H21N5O3.ClH/c1-3-8-25-19(27)14-5-4-13(11-15(14)20(25)28)18(26)24-10-6-21-12-16(24)17-22-7-9-23(17)2;/h3-5,7,9,11,16,21H,1,6,8,10,12H2,2H3;1H. The van der Waals surface area contributed by atoms with Crippen LogP contribution < -0.4 is 5.32 Å². The van der Waals surface area contributed by atoms with Crippen LogP contribution in [0.1, 0.15) is 42.9 Å². The predicted molar refractivity (Wildman–Crippen MR) is 109 cm³/mol. The van der Waals surface area contributed by atoms with E-state index >= 15 is 0 Å². The third kappa shape index (κ3) is 3.45. The zero-order valence-corrected chi connectivity index (χ0v) is 16.8. The highest BCUT2D eigenvalue weighted by Crippen LogP contribution is 2.27. The number of nitrogens with one attached hydrogen (secondary N) is 1. The van der Waals surface area contributed by atoms with Crippen LogP contribution in [0.5, 0.6) is 0 Å². The number of carbonyl (C=O) groups is 3. The van der Waals surface area contributed by atoms with Crippen molar-refractivity contribution in [1.29, 1.82) is 0 Å². The molecule has 0 bridgehead atoms. The Balaban J connectivity index is 0.00000240. The van der Waals surface area contributed by atoms with Gasteiger partial charge in [0.2, 0.25) is 0 Å². The molecule has 2 aliphatic rings. The van der Waals surface area contributed by atoms with E-state index in [-0.39, 0.29) is 42.4 Å². The molecule has 9 heteroatoms. The Labute approximate surface area is 174 Å². The number of imide groups is 1. The van der Waals surface area contributed by atoms with E-state index in [2.05, 4.69) is 16.9 Å². The van der Waals surface area contributed by atoms with Gasteiger partial charge in [-0.15, -0.1) is 19.0 Å². The molecule has 152 valence electrons. The summed E-state index contributed by atoms with van der Waals surface area (Å²) < 4.78 is 1.90. The molecule has 4 rings (SSSR count). The number of rotatable bonds is 4. The van der Waals surface area contributed by atoms with Gasteiger partial charge in [-0.05, 0) is 18.2 Å². The Bertz CT molecular complexity index is 986. The first-order chi connectivity index (χ1) is 13.5. The van der Waals surface area contributed by atoms with Gasteiger partial charge in [0, 0.05) is 51.2 Å². The smallest absolute Gasteiger partial charge is 0.261 e. The number of amides is 3. The molecule has 29 heavy (non-hydrogen) atoms. The average Bonchev–Trinajstić information content (AvgIpc) is 3.24. The number of hydrogen-bond donors (Lipinski definition) is 1. The Morgan fingerprint density at radius 2 is 2.07 bits per heavy atom. The summed E-state index contributed by atoms with van der Waals surface area (Å²) in [6.07, 6.45) is 5.06. The molecule has 0 radical (unpaired) electrons. The van der Waals surface area contributed by atoms with Gasteiger partial charge < -0.3 is 14.8 Å². The van der Waals surface area contributed by atoms with Crippen molar-refractivity contribution in [3.63, 3.8) is 0 Å². The van der Waals surface area contributed by atoms with Gasteiger partial charge in [0.05, 0.1) is 11.1 Å². The molecule has 1 aromatic heterocycles. The number of imidazole rings is 1. The highest BCUT2D eigenvalue weighted by atomic mass is 35.5. The fourth-order valence-electron chi connectivity index (χ4n) is 3.76. The molecule has 1 aromatic carbocycles. The van der Waals surface area contributed by atoms with E-state index in [0.29, 0.717) is 30.8 Å². The van der Waals surface area contributed by atoms with Crippen LogP contribution in [0.25, 0.3) is 0 Å². The molecule has 2 aromatic rings. The number of piperazine rings is 1. The van der Waals surface area contributed by atoms with Crippen molar-refractivity contribution in [2.45, 2.75) is 6.04 Å². The minimum Gasteiger partial charge on any atom is -0.336 e. The van der Waals surface area contributed by atoms with Crippen LogP contribution in [0.15, 0.2) is 43.2 Å². The van der Waals surface area contributed by atoms with E-state index in [1.165, 1.54) is 12.1 Å². The number of nitrogens with zero attached hydrogens (tertiary/aromatic N) is 4. The van der Waals surface area contributed by atoms with E-state index in [1.807, 2.05) is 17.8 Å². The predicted octanol–water partition coefficient (Wildman–Crippen LogP) is 1.41. The molecule has 1 fully saturated rings. The summed E-state index contributed by atoms with van der Waals surface area (Å²) in [5.74, 6) is -0.132. The van der Waals surface area contributed by atoms with Crippen LogP contribution in [-0.2, 0) is 7.05 Å². The van der Waals surface area contributed by atoms with Crippen LogP contribution in [-0.4, -0.2) is 63.3 Å². The van der Waals surface area contributed by atoms with Gasteiger partial charge in [-0.25, -0.2) is 4.98 Å². The molecule has 0 aliphatic carbocycles. The van der Waals surface area contributed by atoms with Gasteiger partial charge >= 0.3 is 0 Å². The quantitative estimate of drug-likeness (QED) is 0.602. The lowest BCUT2D eigenvalue weighted by molar-refractivity contribution is 0.0620. The highest BCUT2D eigenvalue weighted by molar-refractivity contribution is 6.22. The number of aromatic nitrogens is 2. The van der Waals surface area contributed by atoms with Gasteiger partial charge in [0.1, 0.15) is 11.9 Å². The summed E-state index contributed by atoms with van der Waals surface area (Å²) in [5.41, 5.74) is 0.979. The van der Waals surface area contributed by atoms with E-state index in [9.17, 15) is 14.4 Å². The van der Waals surface area contributed by atoms with Crippen LogP contribution in [0.3, 0.4) is 0 Å². The summed E-state index contributed by atoms with van der Waals surface area (Å²) in [4.78, 5) is 45.5. The van der Waals surface area contributed by atoms with E-state index in [0.717, 1.165) is 10.7 Å². The number of aryl methyl sites for hydroxylation is 1. The van der Waals surface area contributed by atoms with Gasteiger partial charge in [0.25, 0.3) is 17.7 Å². The monoisotopic (exact) mass is 415 g/mol. The van der Waals surface area contributed by atoms with Gasteiger partial charge in [-0.3, -0.25) is 19.3 Å². The second kappa shape index (κ2) is 8.18. The highest BCUT2D eigenvalue weighted by Gasteiger charge is 2.36. The third-order valence-corrected chi connectivity index (χ3v) is 5.19. The zero-order chi connectivity index (χ0) is 19.8. The fraction of sp³-hybridized carbons (Fsp3) is 0.300. The zero-order valence-electron chi connectivity index (χ0n) is 16.0. The van der Waals surface area contributed by atoms with Crippen molar-refractivity contribution in [3.8, 4) is 0 Å². The van der Waals surface area contributed by atoms with Crippen molar-refractivity contribution < 1.29 is 14.4 Å². The lowest BCUT2D eigenvalue weighted by Gasteiger charge is -2.35. The van der Waals surface area contributed by atoms with Gasteiger partial charge in [-0.1, -0.05) is 6.08 Å². The lowest BCUT2D eigenvalue weighted by atomic mass is 10.0. The maximum atomic E-state index is 13.2.